The number of carbonyl (C=O) groups excluding carboxylic acids is 2. The molecular formula is C13H22N2O5S. The van der Waals surface area contributed by atoms with Crippen LogP contribution >= 0.6 is 0 Å². The van der Waals surface area contributed by atoms with Gasteiger partial charge in [0, 0.05) is 13.1 Å². The number of carbonyl (C=O) groups is 2. The van der Waals surface area contributed by atoms with Gasteiger partial charge >= 0.3 is 5.97 Å². The van der Waals surface area contributed by atoms with Crippen molar-refractivity contribution in [1.82, 2.24) is 9.62 Å². The van der Waals surface area contributed by atoms with E-state index < -0.39 is 28.0 Å². The molecule has 0 unspecified atom stereocenters. The zero-order valence-corrected chi connectivity index (χ0v) is 13.2. The topological polar surface area (TPSA) is 92.8 Å². The normalized spacial score (nSPS) is 25.1. The van der Waals surface area contributed by atoms with E-state index in [1.165, 1.54) is 11.4 Å². The van der Waals surface area contributed by atoms with Crippen LogP contribution in [-0.4, -0.2) is 57.1 Å². The highest BCUT2D eigenvalue weighted by Crippen LogP contribution is 2.33. The van der Waals surface area contributed by atoms with Crippen LogP contribution in [0.2, 0.25) is 0 Å². The minimum atomic E-state index is -3.28. The molecule has 0 bridgehead atoms. The number of piperidine rings is 1. The maximum atomic E-state index is 12.3. The summed E-state index contributed by atoms with van der Waals surface area (Å²) in [6.07, 6.45) is 4.24. The second-order valence-corrected chi connectivity index (χ2v) is 7.79. The Morgan fingerprint density at radius 1 is 1.29 bits per heavy atom. The first-order valence-electron chi connectivity index (χ1n) is 7.16. The second kappa shape index (κ2) is 6.31. The average molecular weight is 318 g/mol. The molecule has 0 spiro atoms. The van der Waals surface area contributed by atoms with Crippen LogP contribution < -0.4 is 5.32 Å². The fourth-order valence-corrected chi connectivity index (χ4v) is 3.57. The fraction of sp³-hybridized carbons (Fsp3) is 0.846. The number of nitrogens with zero attached hydrogens (tertiary/aromatic N) is 1. The van der Waals surface area contributed by atoms with Crippen LogP contribution in [0.25, 0.3) is 0 Å². The first-order valence-corrected chi connectivity index (χ1v) is 9.01. The summed E-state index contributed by atoms with van der Waals surface area (Å²) in [5.41, 5.74) is 0. The average Bonchev–Trinajstić information content (AvgIpc) is 3.27. The number of hydrogen-bond donors (Lipinski definition) is 1. The van der Waals surface area contributed by atoms with Gasteiger partial charge in [-0.1, -0.05) is 0 Å². The van der Waals surface area contributed by atoms with Crippen molar-refractivity contribution in [2.24, 2.45) is 11.8 Å². The van der Waals surface area contributed by atoms with Gasteiger partial charge in [-0.25, -0.2) is 17.5 Å². The lowest BCUT2D eigenvalue weighted by Gasteiger charge is -2.31. The Kier molecular flexibility index (Phi) is 4.88. The largest absolute Gasteiger partial charge is 0.467 e. The van der Waals surface area contributed by atoms with Crippen molar-refractivity contribution in [2.75, 3.05) is 26.5 Å². The summed E-state index contributed by atoms with van der Waals surface area (Å²) < 4.78 is 29.2. The molecule has 1 saturated carbocycles. The van der Waals surface area contributed by atoms with E-state index in [4.69, 9.17) is 4.74 Å². The molecule has 0 radical (unpaired) electrons. The zero-order chi connectivity index (χ0) is 15.6. The summed E-state index contributed by atoms with van der Waals surface area (Å²) >= 11 is 0. The SMILES string of the molecule is COC(=O)[C@H](NC(=O)[C@@H]1CCCN(S(C)(=O)=O)C1)C1CC1. The van der Waals surface area contributed by atoms with Crippen molar-refractivity contribution >= 4 is 21.9 Å². The van der Waals surface area contributed by atoms with Crippen molar-refractivity contribution in [2.45, 2.75) is 31.7 Å². The molecule has 1 amide bonds. The van der Waals surface area contributed by atoms with Gasteiger partial charge in [0.15, 0.2) is 0 Å². The third-order valence-corrected chi connectivity index (χ3v) is 5.34. The number of esters is 1. The standard InChI is InChI=1S/C13H22N2O5S/c1-20-13(17)11(9-5-6-9)14-12(16)10-4-3-7-15(8-10)21(2,18)19/h9-11H,3-8H2,1-2H3,(H,14,16)/t10-,11-/m1/s1. The van der Waals surface area contributed by atoms with Crippen LogP contribution in [0.4, 0.5) is 0 Å². The van der Waals surface area contributed by atoms with Gasteiger partial charge in [-0.15, -0.1) is 0 Å². The Labute approximate surface area is 125 Å². The lowest BCUT2D eigenvalue weighted by molar-refractivity contribution is -0.146. The molecule has 21 heavy (non-hydrogen) atoms. The molecule has 1 saturated heterocycles. The smallest absolute Gasteiger partial charge is 0.328 e. The lowest BCUT2D eigenvalue weighted by atomic mass is 9.98. The van der Waals surface area contributed by atoms with E-state index in [-0.39, 0.29) is 18.4 Å². The molecule has 0 aromatic heterocycles. The molecule has 2 fully saturated rings. The summed E-state index contributed by atoms with van der Waals surface area (Å²) in [6, 6.07) is -0.601. The number of rotatable bonds is 5. The van der Waals surface area contributed by atoms with Crippen molar-refractivity contribution in [1.29, 1.82) is 0 Å². The summed E-state index contributed by atoms with van der Waals surface area (Å²) in [4.78, 5) is 24.0. The number of methoxy groups -OCH3 is 1. The molecule has 2 rings (SSSR count). The van der Waals surface area contributed by atoms with E-state index in [1.54, 1.807) is 0 Å². The van der Waals surface area contributed by atoms with Crippen molar-refractivity contribution in [3.8, 4) is 0 Å². The molecule has 2 aliphatic rings. The van der Waals surface area contributed by atoms with Gasteiger partial charge in [-0.2, -0.15) is 0 Å². The highest BCUT2D eigenvalue weighted by molar-refractivity contribution is 7.88. The molecule has 1 aliphatic carbocycles. The fourth-order valence-electron chi connectivity index (χ4n) is 2.65. The maximum absolute atomic E-state index is 12.3. The number of nitrogens with one attached hydrogen (secondary N) is 1. The number of sulfonamides is 1. The van der Waals surface area contributed by atoms with Crippen LogP contribution in [0.3, 0.4) is 0 Å². The third-order valence-electron chi connectivity index (χ3n) is 4.07. The van der Waals surface area contributed by atoms with Gasteiger partial charge < -0.3 is 10.1 Å². The molecule has 8 heteroatoms. The predicted molar refractivity (Wildman–Crippen MR) is 75.8 cm³/mol. The summed E-state index contributed by atoms with van der Waals surface area (Å²) in [5.74, 6) is -0.942. The van der Waals surface area contributed by atoms with Crippen LogP contribution in [-0.2, 0) is 24.3 Å². The van der Waals surface area contributed by atoms with Gasteiger partial charge in [-0.3, -0.25) is 4.79 Å². The summed E-state index contributed by atoms with van der Waals surface area (Å²) in [5, 5.41) is 2.74. The number of ether oxygens (including phenoxy) is 1. The molecule has 1 aliphatic heterocycles. The number of amides is 1. The Balaban J connectivity index is 1.97. The lowest BCUT2D eigenvalue weighted by Crippen LogP contribution is -2.50. The van der Waals surface area contributed by atoms with Crippen molar-refractivity contribution < 1.29 is 22.7 Å². The van der Waals surface area contributed by atoms with Crippen molar-refractivity contribution in [3.63, 3.8) is 0 Å². The molecule has 1 N–H and O–H groups in total. The van der Waals surface area contributed by atoms with Crippen LogP contribution in [0.5, 0.6) is 0 Å². The Hall–Kier alpha value is -1.15. The van der Waals surface area contributed by atoms with E-state index in [0.717, 1.165) is 19.1 Å². The molecule has 7 nitrogen and oxygen atoms in total. The molecule has 1 heterocycles. The van der Waals surface area contributed by atoms with Gasteiger partial charge in [0.05, 0.1) is 19.3 Å². The molecule has 2 atom stereocenters. The third kappa shape index (κ3) is 4.16. The molecule has 0 aromatic rings. The molecule has 120 valence electrons. The Morgan fingerprint density at radius 2 is 1.95 bits per heavy atom. The van der Waals surface area contributed by atoms with Gasteiger partial charge in [-0.05, 0) is 31.6 Å². The first-order chi connectivity index (χ1) is 9.82. The monoisotopic (exact) mass is 318 g/mol. The van der Waals surface area contributed by atoms with Crippen LogP contribution in [0.1, 0.15) is 25.7 Å². The minimum Gasteiger partial charge on any atom is -0.467 e. The minimum absolute atomic E-state index is 0.149. The first kappa shape index (κ1) is 16.2. The number of hydrogen-bond acceptors (Lipinski definition) is 5. The molecule has 0 aromatic carbocycles. The van der Waals surface area contributed by atoms with Gasteiger partial charge in [0.1, 0.15) is 6.04 Å². The quantitative estimate of drug-likeness (QED) is 0.704. The van der Waals surface area contributed by atoms with Gasteiger partial charge in [0.2, 0.25) is 15.9 Å². The Morgan fingerprint density at radius 3 is 2.48 bits per heavy atom. The zero-order valence-electron chi connectivity index (χ0n) is 12.4. The highest BCUT2D eigenvalue weighted by atomic mass is 32.2. The van der Waals surface area contributed by atoms with Crippen LogP contribution in [0.15, 0.2) is 0 Å². The van der Waals surface area contributed by atoms with E-state index in [1.807, 2.05) is 0 Å². The summed E-state index contributed by atoms with van der Waals surface area (Å²) in [6.45, 7) is 0.634. The van der Waals surface area contributed by atoms with E-state index >= 15 is 0 Å². The maximum Gasteiger partial charge on any atom is 0.328 e. The molecular weight excluding hydrogens is 296 g/mol. The van der Waals surface area contributed by atoms with Crippen molar-refractivity contribution in [3.05, 3.63) is 0 Å². The van der Waals surface area contributed by atoms with E-state index in [2.05, 4.69) is 5.32 Å². The Bertz CT molecular complexity index is 515. The highest BCUT2D eigenvalue weighted by Gasteiger charge is 2.40. The summed E-state index contributed by atoms with van der Waals surface area (Å²) in [7, 11) is -1.98. The van der Waals surface area contributed by atoms with Gasteiger partial charge in [0.25, 0.3) is 0 Å². The van der Waals surface area contributed by atoms with E-state index in [0.29, 0.717) is 19.4 Å². The van der Waals surface area contributed by atoms with E-state index in [9.17, 15) is 18.0 Å². The predicted octanol–water partition coefficient (Wildman–Crippen LogP) is -0.274. The second-order valence-electron chi connectivity index (χ2n) is 5.81. The van der Waals surface area contributed by atoms with Crippen LogP contribution in [0, 0.1) is 11.8 Å².